The minimum Gasteiger partial charge on any atom is -0.481 e. The van der Waals surface area contributed by atoms with Crippen LogP contribution in [0.25, 0.3) is 11.0 Å². The lowest BCUT2D eigenvalue weighted by atomic mass is 9.91. The lowest BCUT2D eigenvalue weighted by Gasteiger charge is -2.24. The van der Waals surface area contributed by atoms with Gasteiger partial charge < -0.3 is 24.1 Å². The first-order chi connectivity index (χ1) is 14.1. The van der Waals surface area contributed by atoms with Gasteiger partial charge in [-0.15, -0.1) is 0 Å². The van der Waals surface area contributed by atoms with Crippen LogP contribution in [0.2, 0.25) is 0 Å². The molecule has 7 heteroatoms. The van der Waals surface area contributed by atoms with Crippen LogP contribution in [0.4, 0.5) is 0 Å². The molecule has 1 atom stereocenters. The molecule has 1 aromatic heterocycles. The van der Waals surface area contributed by atoms with Gasteiger partial charge in [-0.2, -0.15) is 0 Å². The third-order valence-corrected chi connectivity index (χ3v) is 5.85. The predicted octanol–water partition coefficient (Wildman–Crippen LogP) is 0.470. The second-order valence-electron chi connectivity index (χ2n) is 7.88. The van der Waals surface area contributed by atoms with Gasteiger partial charge >= 0.3 is 5.63 Å². The number of hydrogen-bond acceptors (Lipinski definition) is 5. The topological polar surface area (TPSA) is 82.2 Å². The highest BCUT2D eigenvalue weighted by molar-refractivity contribution is 5.83. The predicted molar refractivity (Wildman–Crippen MR) is 109 cm³/mol. The quantitative estimate of drug-likeness (QED) is 0.688. The van der Waals surface area contributed by atoms with Crippen molar-refractivity contribution in [1.82, 2.24) is 5.32 Å². The second kappa shape index (κ2) is 8.97. The summed E-state index contributed by atoms with van der Waals surface area (Å²) in [5.41, 5.74) is 2.19. The zero-order chi connectivity index (χ0) is 20.2. The minimum atomic E-state index is -0.628. The van der Waals surface area contributed by atoms with Crippen molar-refractivity contribution >= 4 is 16.9 Å². The summed E-state index contributed by atoms with van der Waals surface area (Å²) in [5.74, 6) is 0.377. The Labute approximate surface area is 170 Å². The van der Waals surface area contributed by atoms with E-state index in [1.54, 1.807) is 13.0 Å². The number of aryl methyl sites for hydroxylation is 1. The summed E-state index contributed by atoms with van der Waals surface area (Å²) < 4.78 is 16.7. The Morgan fingerprint density at radius 2 is 1.97 bits per heavy atom. The zero-order valence-electron chi connectivity index (χ0n) is 16.9. The van der Waals surface area contributed by atoms with Crippen molar-refractivity contribution in [2.75, 3.05) is 39.4 Å². The Kier molecular flexibility index (Phi) is 6.16. The number of amides is 1. The first-order valence-corrected chi connectivity index (χ1v) is 10.6. The maximum absolute atomic E-state index is 12.4. The lowest BCUT2D eigenvalue weighted by Crippen LogP contribution is -3.14. The molecule has 0 spiro atoms. The van der Waals surface area contributed by atoms with E-state index in [1.807, 2.05) is 12.1 Å². The summed E-state index contributed by atoms with van der Waals surface area (Å²) in [7, 11) is 0. The highest BCUT2D eigenvalue weighted by Crippen LogP contribution is 2.29. The summed E-state index contributed by atoms with van der Waals surface area (Å²) in [6, 6.07) is 5.50. The third-order valence-electron chi connectivity index (χ3n) is 5.85. The van der Waals surface area contributed by atoms with E-state index in [-0.39, 0.29) is 11.5 Å². The van der Waals surface area contributed by atoms with E-state index in [9.17, 15) is 9.59 Å². The van der Waals surface area contributed by atoms with Crippen molar-refractivity contribution in [3.63, 3.8) is 0 Å². The van der Waals surface area contributed by atoms with E-state index in [1.165, 1.54) is 4.90 Å². The van der Waals surface area contributed by atoms with Gasteiger partial charge in [-0.25, -0.2) is 4.79 Å². The highest BCUT2D eigenvalue weighted by Gasteiger charge is 2.20. The Morgan fingerprint density at radius 1 is 1.21 bits per heavy atom. The van der Waals surface area contributed by atoms with Gasteiger partial charge in [0.1, 0.15) is 24.4 Å². The van der Waals surface area contributed by atoms with Crippen LogP contribution in [-0.4, -0.2) is 51.4 Å². The molecule has 156 valence electrons. The van der Waals surface area contributed by atoms with E-state index >= 15 is 0 Å². The molecule has 0 saturated carbocycles. The monoisotopic (exact) mass is 401 g/mol. The molecular weight excluding hydrogens is 372 g/mol. The summed E-state index contributed by atoms with van der Waals surface area (Å²) in [5, 5.41) is 3.91. The molecule has 1 fully saturated rings. The van der Waals surface area contributed by atoms with Gasteiger partial charge in [0.2, 0.25) is 0 Å². The fraction of sp³-hybridized carbons (Fsp3) is 0.545. The van der Waals surface area contributed by atoms with Crippen LogP contribution in [0.5, 0.6) is 5.75 Å². The number of carbonyl (C=O) groups excluding carboxylic acids is 1. The fourth-order valence-corrected chi connectivity index (χ4v) is 4.17. The van der Waals surface area contributed by atoms with Crippen LogP contribution < -0.4 is 20.6 Å². The molecular formula is C22H29N2O5+. The Hall–Kier alpha value is -2.38. The molecule has 2 heterocycles. The number of morpholine rings is 1. The van der Waals surface area contributed by atoms with Crippen molar-refractivity contribution in [2.24, 2.45) is 0 Å². The standard InChI is InChI=1S/C22H28N2O5/c1-15(21(25)23-8-9-24-10-12-27-13-11-24)28-16-6-7-18-17-4-2-3-5-19(17)22(26)29-20(18)14-16/h6-7,14-15H,2-5,8-13H2,1H3,(H,23,25)/p+1/t15-/m1/s1. The SMILES string of the molecule is C[C@@H](Oc1ccc2c3c(c(=O)oc2c1)CCCC3)C(=O)NCC[NH+]1CCOCC1. The van der Waals surface area contributed by atoms with Gasteiger partial charge in [-0.1, -0.05) is 0 Å². The molecule has 1 aliphatic carbocycles. The van der Waals surface area contributed by atoms with E-state index in [4.69, 9.17) is 13.9 Å². The molecule has 1 aromatic carbocycles. The third kappa shape index (κ3) is 4.62. The number of fused-ring (bicyclic) bond motifs is 3. The van der Waals surface area contributed by atoms with Gasteiger partial charge in [0.25, 0.3) is 5.91 Å². The number of benzene rings is 1. The Balaban J connectivity index is 1.38. The summed E-state index contributed by atoms with van der Waals surface area (Å²) >= 11 is 0. The van der Waals surface area contributed by atoms with Crippen LogP contribution in [0.1, 0.15) is 30.9 Å². The lowest BCUT2D eigenvalue weighted by molar-refractivity contribution is -0.906. The number of hydrogen-bond donors (Lipinski definition) is 2. The number of nitrogens with one attached hydrogen (secondary N) is 2. The smallest absolute Gasteiger partial charge is 0.339 e. The average molecular weight is 401 g/mol. The fourth-order valence-electron chi connectivity index (χ4n) is 4.17. The van der Waals surface area contributed by atoms with Crippen LogP contribution in [-0.2, 0) is 22.4 Å². The molecule has 0 unspecified atom stereocenters. The minimum absolute atomic E-state index is 0.148. The molecule has 2 N–H and O–H groups in total. The van der Waals surface area contributed by atoms with Gasteiger partial charge in [0.15, 0.2) is 6.10 Å². The molecule has 7 nitrogen and oxygen atoms in total. The van der Waals surface area contributed by atoms with E-state index in [0.29, 0.717) is 17.9 Å². The molecule has 4 rings (SSSR count). The van der Waals surface area contributed by atoms with Crippen molar-refractivity contribution in [1.29, 1.82) is 0 Å². The van der Waals surface area contributed by atoms with E-state index in [0.717, 1.165) is 75.0 Å². The Bertz CT molecular complexity index is 933. The largest absolute Gasteiger partial charge is 0.481 e. The van der Waals surface area contributed by atoms with Gasteiger partial charge in [-0.3, -0.25) is 4.79 Å². The number of carbonyl (C=O) groups is 1. The normalized spacial score (nSPS) is 18.2. The van der Waals surface area contributed by atoms with Gasteiger partial charge in [0, 0.05) is 17.0 Å². The number of rotatable bonds is 6. The van der Waals surface area contributed by atoms with Gasteiger partial charge in [-0.05, 0) is 50.3 Å². The van der Waals surface area contributed by atoms with Crippen molar-refractivity contribution in [2.45, 2.75) is 38.7 Å². The van der Waals surface area contributed by atoms with Crippen LogP contribution in [0, 0.1) is 0 Å². The van der Waals surface area contributed by atoms with Crippen molar-refractivity contribution in [3.8, 4) is 5.75 Å². The van der Waals surface area contributed by atoms with Crippen molar-refractivity contribution in [3.05, 3.63) is 39.7 Å². The summed E-state index contributed by atoms with van der Waals surface area (Å²) in [6.45, 7) is 6.74. The average Bonchev–Trinajstić information content (AvgIpc) is 2.74. The van der Waals surface area contributed by atoms with E-state index < -0.39 is 6.10 Å². The summed E-state index contributed by atoms with van der Waals surface area (Å²) in [6.07, 6.45) is 3.19. The first kappa shape index (κ1) is 19.9. The van der Waals surface area contributed by atoms with Crippen LogP contribution in [0.3, 0.4) is 0 Å². The molecule has 0 radical (unpaired) electrons. The molecule has 29 heavy (non-hydrogen) atoms. The maximum Gasteiger partial charge on any atom is 0.339 e. The molecule has 2 aromatic rings. The first-order valence-electron chi connectivity index (χ1n) is 10.6. The Morgan fingerprint density at radius 3 is 2.76 bits per heavy atom. The zero-order valence-corrected chi connectivity index (χ0v) is 16.9. The maximum atomic E-state index is 12.4. The molecule has 1 saturated heterocycles. The van der Waals surface area contributed by atoms with Gasteiger partial charge in [0.05, 0.1) is 26.3 Å². The highest BCUT2D eigenvalue weighted by atomic mass is 16.5. The molecule has 1 amide bonds. The second-order valence-corrected chi connectivity index (χ2v) is 7.88. The van der Waals surface area contributed by atoms with Crippen LogP contribution in [0.15, 0.2) is 27.4 Å². The number of quaternary nitrogens is 1. The summed E-state index contributed by atoms with van der Waals surface area (Å²) in [4.78, 5) is 26.1. The van der Waals surface area contributed by atoms with E-state index in [2.05, 4.69) is 5.32 Å². The molecule has 2 aliphatic rings. The van der Waals surface area contributed by atoms with Crippen LogP contribution >= 0.6 is 0 Å². The molecule has 1 aliphatic heterocycles. The number of ether oxygens (including phenoxy) is 2. The molecule has 0 bridgehead atoms. The van der Waals surface area contributed by atoms with Crippen molar-refractivity contribution < 1.29 is 23.6 Å².